The number of rotatable bonds is 6. The molecular formula is C21H25N3O2. The quantitative estimate of drug-likeness (QED) is 0.707. The molecule has 0 aliphatic rings. The number of nitrogens with zero attached hydrogens (tertiary/aromatic N) is 2. The average Bonchev–Trinajstić information content (AvgIpc) is 3.02. The van der Waals surface area contributed by atoms with Crippen molar-refractivity contribution in [1.29, 1.82) is 0 Å². The number of nitrogens with one attached hydrogen (secondary N) is 1. The molecule has 0 saturated carbocycles. The van der Waals surface area contributed by atoms with Crippen LogP contribution in [0.15, 0.2) is 36.4 Å². The first-order valence-corrected chi connectivity index (χ1v) is 9.06. The van der Waals surface area contributed by atoms with Gasteiger partial charge in [0.2, 0.25) is 0 Å². The van der Waals surface area contributed by atoms with Crippen LogP contribution in [0.5, 0.6) is 5.75 Å². The number of benzene rings is 2. The fourth-order valence-corrected chi connectivity index (χ4v) is 3.21. The Morgan fingerprint density at radius 2 is 1.96 bits per heavy atom. The Hall–Kier alpha value is -2.82. The van der Waals surface area contributed by atoms with E-state index in [9.17, 15) is 9.90 Å². The zero-order chi connectivity index (χ0) is 18.7. The van der Waals surface area contributed by atoms with Gasteiger partial charge in [0.05, 0.1) is 16.8 Å². The fraction of sp³-hybridized carbons (Fsp3) is 0.333. The minimum absolute atomic E-state index is 0.0198. The highest BCUT2D eigenvalue weighted by atomic mass is 16.3. The van der Waals surface area contributed by atoms with Crippen LogP contribution >= 0.6 is 0 Å². The second-order valence-electron chi connectivity index (χ2n) is 6.66. The van der Waals surface area contributed by atoms with Crippen LogP contribution in [0.2, 0.25) is 0 Å². The van der Waals surface area contributed by atoms with E-state index in [-0.39, 0.29) is 11.7 Å². The van der Waals surface area contributed by atoms with Gasteiger partial charge in [-0.05, 0) is 30.0 Å². The summed E-state index contributed by atoms with van der Waals surface area (Å²) < 4.78 is 0. The first-order chi connectivity index (χ1) is 12.5. The lowest BCUT2D eigenvalue weighted by Gasteiger charge is -2.16. The first-order valence-electron chi connectivity index (χ1n) is 9.06. The summed E-state index contributed by atoms with van der Waals surface area (Å²) >= 11 is 0. The van der Waals surface area contributed by atoms with Crippen LogP contribution in [0, 0.1) is 0 Å². The number of hydrogen-bond donors (Lipinski definition) is 2. The number of aryl methyl sites for hydroxylation is 1. The molecule has 0 aliphatic heterocycles. The molecule has 26 heavy (non-hydrogen) atoms. The third kappa shape index (κ3) is 3.57. The Labute approximate surface area is 153 Å². The molecule has 2 N–H and O–H groups in total. The molecule has 0 spiro atoms. The number of carbonyl (C=O) groups is 1. The molecule has 0 fully saturated rings. The number of fused-ring (bicyclic) bond motifs is 1. The van der Waals surface area contributed by atoms with Crippen LogP contribution in [-0.2, 0) is 12.8 Å². The highest BCUT2D eigenvalue weighted by Gasteiger charge is 2.18. The number of aromatic amines is 1. The minimum atomic E-state index is -0.175. The number of hydrogen-bond acceptors (Lipinski definition) is 3. The van der Waals surface area contributed by atoms with Crippen LogP contribution in [0.25, 0.3) is 10.9 Å². The smallest absolute Gasteiger partial charge is 0.257 e. The molecule has 0 saturated heterocycles. The standard InChI is InChI=1S/C21H25N3O2/c1-4-9-24(3)21(26)17-12-16-18(22-23-19(16)13-20(17)25)11-15-8-6-7-14(5-2)10-15/h6-8,10,12-13,25H,4-5,9,11H2,1-3H3,(H,22,23). The minimum Gasteiger partial charge on any atom is -0.507 e. The molecule has 5 nitrogen and oxygen atoms in total. The highest BCUT2D eigenvalue weighted by molar-refractivity contribution is 6.01. The lowest BCUT2D eigenvalue weighted by molar-refractivity contribution is 0.0792. The lowest BCUT2D eigenvalue weighted by atomic mass is 10.0. The number of carbonyl (C=O) groups excluding carboxylic acids is 1. The van der Waals surface area contributed by atoms with E-state index in [0.717, 1.165) is 29.4 Å². The van der Waals surface area contributed by atoms with Gasteiger partial charge < -0.3 is 10.0 Å². The Morgan fingerprint density at radius 3 is 2.69 bits per heavy atom. The van der Waals surface area contributed by atoms with Crippen molar-refractivity contribution in [3.8, 4) is 5.75 Å². The van der Waals surface area contributed by atoms with E-state index >= 15 is 0 Å². The van der Waals surface area contributed by atoms with E-state index in [0.29, 0.717) is 18.5 Å². The second-order valence-corrected chi connectivity index (χ2v) is 6.66. The maximum atomic E-state index is 12.6. The molecule has 3 rings (SSSR count). The normalized spacial score (nSPS) is 11.0. The fourth-order valence-electron chi connectivity index (χ4n) is 3.21. The van der Waals surface area contributed by atoms with E-state index in [1.54, 1.807) is 24.1 Å². The zero-order valence-corrected chi connectivity index (χ0v) is 15.5. The molecule has 0 bridgehead atoms. The summed E-state index contributed by atoms with van der Waals surface area (Å²) in [5.41, 5.74) is 4.40. The van der Waals surface area contributed by atoms with E-state index in [4.69, 9.17) is 0 Å². The Balaban J connectivity index is 1.97. The van der Waals surface area contributed by atoms with Gasteiger partial charge >= 0.3 is 0 Å². The van der Waals surface area contributed by atoms with Gasteiger partial charge in [0.25, 0.3) is 5.91 Å². The van der Waals surface area contributed by atoms with Gasteiger partial charge in [0.1, 0.15) is 5.75 Å². The molecule has 1 aromatic heterocycles. The molecule has 0 unspecified atom stereocenters. The van der Waals surface area contributed by atoms with Crippen molar-refractivity contribution in [2.75, 3.05) is 13.6 Å². The van der Waals surface area contributed by atoms with Gasteiger partial charge in [0.15, 0.2) is 0 Å². The Kier molecular flexibility index (Phi) is 5.26. The van der Waals surface area contributed by atoms with Crippen molar-refractivity contribution < 1.29 is 9.90 Å². The van der Waals surface area contributed by atoms with E-state index in [2.05, 4.69) is 41.4 Å². The van der Waals surface area contributed by atoms with Crippen molar-refractivity contribution in [1.82, 2.24) is 15.1 Å². The molecule has 0 aliphatic carbocycles. The topological polar surface area (TPSA) is 69.2 Å². The summed E-state index contributed by atoms with van der Waals surface area (Å²) in [6.45, 7) is 4.81. The third-order valence-corrected chi connectivity index (χ3v) is 4.67. The largest absolute Gasteiger partial charge is 0.507 e. The number of phenolic OH excluding ortho intramolecular Hbond substituents is 1. The number of aromatic hydroxyl groups is 1. The van der Waals surface area contributed by atoms with Crippen molar-refractivity contribution in [2.45, 2.75) is 33.1 Å². The van der Waals surface area contributed by atoms with Gasteiger partial charge in [-0.1, -0.05) is 38.1 Å². The summed E-state index contributed by atoms with van der Waals surface area (Å²) in [6.07, 6.45) is 2.54. The van der Waals surface area contributed by atoms with Crippen molar-refractivity contribution in [3.05, 3.63) is 58.8 Å². The van der Waals surface area contributed by atoms with Crippen LogP contribution in [-0.4, -0.2) is 39.7 Å². The molecule has 0 atom stereocenters. The van der Waals surface area contributed by atoms with Crippen molar-refractivity contribution >= 4 is 16.8 Å². The van der Waals surface area contributed by atoms with E-state index in [1.807, 2.05) is 6.92 Å². The number of H-pyrrole nitrogens is 1. The van der Waals surface area contributed by atoms with Gasteiger partial charge in [-0.2, -0.15) is 5.10 Å². The molecule has 2 aromatic carbocycles. The Bertz CT molecular complexity index is 930. The predicted molar refractivity (Wildman–Crippen MR) is 104 cm³/mol. The molecule has 136 valence electrons. The van der Waals surface area contributed by atoms with Crippen molar-refractivity contribution in [2.24, 2.45) is 0 Å². The van der Waals surface area contributed by atoms with E-state index < -0.39 is 0 Å². The lowest BCUT2D eigenvalue weighted by Crippen LogP contribution is -2.27. The average molecular weight is 351 g/mol. The second kappa shape index (κ2) is 7.60. The monoisotopic (exact) mass is 351 g/mol. The van der Waals surface area contributed by atoms with Gasteiger partial charge in [-0.15, -0.1) is 0 Å². The van der Waals surface area contributed by atoms with Crippen LogP contribution in [0.4, 0.5) is 0 Å². The molecule has 5 heteroatoms. The first kappa shape index (κ1) is 18.0. The summed E-state index contributed by atoms with van der Waals surface area (Å²) in [5, 5.41) is 18.5. The number of phenols is 1. The molecular weight excluding hydrogens is 326 g/mol. The van der Waals surface area contributed by atoms with Crippen LogP contribution < -0.4 is 0 Å². The van der Waals surface area contributed by atoms with Gasteiger partial charge in [-0.25, -0.2) is 0 Å². The summed E-state index contributed by atoms with van der Waals surface area (Å²) in [6, 6.07) is 11.8. The third-order valence-electron chi connectivity index (χ3n) is 4.67. The highest BCUT2D eigenvalue weighted by Crippen LogP contribution is 2.28. The summed E-state index contributed by atoms with van der Waals surface area (Å²) in [4.78, 5) is 14.2. The molecule has 0 radical (unpaired) electrons. The van der Waals surface area contributed by atoms with Crippen LogP contribution in [0.3, 0.4) is 0 Å². The summed E-state index contributed by atoms with van der Waals surface area (Å²) in [5.74, 6) is -0.194. The maximum Gasteiger partial charge on any atom is 0.257 e. The van der Waals surface area contributed by atoms with Gasteiger partial charge in [0, 0.05) is 31.5 Å². The van der Waals surface area contributed by atoms with Crippen LogP contribution in [0.1, 0.15) is 47.4 Å². The SMILES string of the molecule is CCCN(C)C(=O)c1cc2c(Cc3cccc(CC)c3)n[nH]c2cc1O. The number of aromatic nitrogens is 2. The summed E-state index contributed by atoms with van der Waals surface area (Å²) in [7, 11) is 1.75. The number of amides is 1. The molecule has 1 amide bonds. The van der Waals surface area contributed by atoms with Crippen molar-refractivity contribution in [3.63, 3.8) is 0 Å². The Morgan fingerprint density at radius 1 is 1.19 bits per heavy atom. The van der Waals surface area contributed by atoms with E-state index in [1.165, 1.54) is 11.1 Å². The molecule has 3 aromatic rings. The maximum absolute atomic E-state index is 12.6. The molecule has 1 heterocycles. The van der Waals surface area contributed by atoms with Gasteiger partial charge in [-0.3, -0.25) is 9.89 Å². The predicted octanol–water partition coefficient (Wildman–Crippen LogP) is 3.90. The zero-order valence-electron chi connectivity index (χ0n) is 15.5.